The molecule has 5 rings (SSSR count). The number of rotatable bonds is 2. The van der Waals surface area contributed by atoms with Gasteiger partial charge in [0.25, 0.3) is 5.91 Å². The fourth-order valence-corrected chi connectivity index (χ4v) is 5.57. The summed E-state index contributed by atoms with van der Waals surface area (Å²) >= 11 is 0. The van der Waals surface area contributed by atoms with Crippen LogP contribution < -0.4 is 5.32 Å². The van der Waals surface area contributed by atoms with Gasteiger partial charge >= 0.3 is 0 Å². The molecular weight excluding hydrogens is 342 g/mol. The molecule has 0 aliphatic carbocycles. The lowest BCUT2D eigenvalue weighted by Crippen LogP contribution is -2.50. The molecule has 3 aliphatic heterocycles. The Morgan fingerprint density at radius 3 is 2.67 bits per heavy atom. The first kappa shape index (κ1) is 16.4. The molecule has 6 heteroatoms. The van der Waals surface area contributed by atoms with Gasteiger partial charge < -0.3 is 5.32 Å². The summed E-state index contributed by atoms with van der Waals surface area (Å²) in [6.07, 6.45) is 1.64. The molecule has 2 aromatic rings. The van der Waals surface area contributed by atoms with Crippen LogP contribution in [-0.4, -0.2) is 34.4 Å². The van der Waals surface area contributed by atoms with Crippen molar-refractivity contribution < 1.29 is 9.72 Å². The quantitative estimate of drug-likeness (QED) is 0.657. The molecule has 0 bridgehead atoms. The number of nitrogens with zero attached hydrogens (tertiary/aromatic N) is 2. The van der Waals surface area contributed by atoms with Gasteiger partial charge in [0.2, 0.25) is 6.04 Å². The molecular formula is C21H21N3O3. The molecule has 0 unspecified atom stereocenters. The number of carbonyl (C=O) groups excluding carboxylic acids is 1. The second kappa shape index (κ2) is 5.63. The van der Waals surface area contributed by atoms with E-state index in [0.717, 1.165) is 35.2 Å². The highest BCUT2D eigenvalue weighted by Crippen LogP contribution is 2.59. The number of nitro groups is 1. The van der Waals surface area contributed by atoms with E-state index in [0.29, 0.717) is 6.54 Å². The van der Waals surface area contributed by atoms with E-state index >= 15 is 0 Å². The number of nitrogens with one attached hydrogen (secondary N) is 1. The average molecular weight is 363 g/mol. The first-order valence-electron chi connectivity index (χ1n) is 9.43. The Morgan fingerprint density at radius 2 is 1.93 bits per heavy atom. The molecule has 0 aromatic heterocycles. The zero-order valence-electron chi connectivity index (χ0n) is 15.1. The average Bonchev–Trinajstić information content (AvgIpc) is 3.29. The molecule has 0 saturated carbocycles. The molecule has 27 heavy (non-hydrogen) atoms. The molecule has 3 aliphatic rings. The van der Waals surface area contributed by atoms with E-state index in [2.05, 4.69) is 10.2 Å². The van der Waals surface area contributed by atoms with E-state index in [4.69, 9.17) is 0 Å². The maximum Gasteiger partial charge on any atom is 0.250 e. The fraction of sp³-hybridized carbons (Fsp3) is 0.381. The lowest BCUT2D eigenvalue weighted by atomic mass is 9.73. The number of carbonyl (C=O) groups is 1. The summed E-state index contributed by atoms with van der Waals surface area (Å²) in [5, 5.41) is 15.2. The SMILES string of the molecule is Cc1ccc([C@@H]2[C@@H]([N+](=O)[O-])[C@H]3CCCN3[C@]23C(=O)Nc2ccccc23)cc1. The van der Waals surface area contributed by atoms with Gasteiger partial charge in [-0.1, -0.05) is 48.0 Å². The molecule has 6 nitrogen and oxygen atoms in total. The molecule has 4 atom stereocenters. The van der Waals surface area contributed by atoms with E-state index in [-0.39, 0.29) is 16.9 Å². The van der Waals surface area contributed by atoms with Crippen LogP contribution in [0.3, 0.4) is 0 Å². The van der Waals surface area contributed by atoms with E-state index < -0.39 is 17.5 Å². The van der Waals surface area contributed by atoms with Gasteiger partial charge in [0.05, 0.1) is 12.0 Å². The summed E-state index contributed by atoms with van der Waals surface area (Å²) in [5.74, 6) is -0.646. The molecule has 2 aromatic carbocycles. The van der Waals surface area contributed by atoms with Crippen LogP contribution in [0, 0.1) is 17.0 Å². The van der Waals surface area contributed by atoms with Crippen molar-refractivity contribution >= 4 is 11.6 Å². The summed E-state index contributed by atoms with van der Waals surface area (Å²) in [4.78, 5) is 27.6. The third-order valence-corrected chi connectivity index (χ3v) is 6.55. The van der Waals surface area contributed by atoms with E-state index in [9.17, 15) is 14.9 Å². The van der Waals surface area contributed by atoms with Gasteiger partial charge in [-0.3, -0.25) is 19.8 Å². The van der Waals surface area contributed by atoms with E-state index in [1.54, 1.807) is 0 Å². The predicted octanol–water partition coefficient (Wildman–Crippen LogP) is 3.05. The van der Waals surface area contributed by atoms with E-state index in [1.165, 1.54) is 0 Å². The molecule has 0 radical (unpaired) electrons. The Balaban J connectivity index is 1.80. The van der Waals surface area contributed by atoms with Crippen molar-refractivity contribution in [3.05, 3.63) is 75.3 Å². The van der Waals surface area contributed by atoms with Crippen molar-refractivity contribution in [1.82, 2.24) is 4.90 Å². The monoisotopic (exact) mass is 363 g/mol. The Kier molecular flexibility index (Phi) is 3.43. The van der Waals surface area contributed by atoms with Crippen LogP contribution in [0.5, 0.6) is 0 Å². The highest BCUT2D eigenvalue weighted by molar-refractivity contribution is 6.07. The highest BCUT2D eigenvalue weighted by atomic mass is 16.6. The highest BCUT2D eigenvalue weighted by Gasteiger charge is 2.71. The molecule has 1 N–H and O–H groups in total. The second-order valence-electron chi connectivity index (χ2n) is 7.83. The van der Waals surface area contributed by atoms with Crippen molar-refractivity contribution in [2.24, 2.45) is 0 Å². The zero-order chi connectivity index (χ0) is 18.8. The number of hydrogen-bond acceptors (Lipinski definition) is 4. The molecule has 2 fully saturated rings. The van der Waals surface area contributed by atoms with Crippen molar-refractivity contribution in [2.45, 2.75) is 43.3 Å². The summed E-state index contributed by atoms with van der Waals surface area (Å²) in [6, 6.07) is 14.5. The van der Waals surface area contributed by atoms with Gasteiger partial charge in [0.15, 0.2) is 0 Å². The third-order valence-electron chi connectivity index (χ3n) is 6.55. The lowest BCUT2D eigenvalue weighted by Gasteiger charge is -2.36. The van der Waals surface area contributed by atoms with Crippen molar-refractivity contribution in [2.75, 3.05) is 11.9 Å². The predicted molar refractivity (Wildman–Crippen MR) is 101 cm³/mol. The number of fused-ring (bicyclic) bond motifs is 4. The van der Waals surface area contributed by atoms with Gasteiger partial charge in [-0.25, -0.2) is 0 Å². The van der Waals surface area contributed by atoms with Crippen LogP contribution in [0.25, 0.3) is 0 Å². The van der Waals surface area contributed by atoms with Crippen LogP contribution in [-0.2, 0) is 10.3 Å². The number of benzene rings is 2. The first-order chi connectivity index (χ1) is 13.0. The number of aryl methyl sites for hydroxylation is 1. The Morgan fingerprint density at radius 1 is 1.19 bits per heavy atom. The van der Waals surface area contributed by atoms with Gasteiger partial charge in [-0.05, 0) is 31.4 Å². The Bertz CT molecular complexity index is 942. The topological polar surface area (TPSA) is 75.5 Å². The lowest BCUT2D eigenvalue weighted by molar-refractivity contribution is -0.527. The fourth-order valence-electron chi connectivity index (χ4n) is 5.57. The van der Waals surface area contributed by atoms with Crippen LogP contribution >= 0.6 is 0 Å². The Labute approximate surface area is 157 Å². The van der Waals surface area contributed by atoms with Crippen LogP contribution in [0.15, 0.2) is 48.5 Å². The first-order valence-corrected chi connectivity index (χ1v) is 9.43. The largest absolute Gasteiger partial charge is 0.324 e. The summed E-state index contributed by atoms with van der Waals surface area (Å²) in [5.41, 5.74) is 2.60. The summed E-state index contributed by atoms with van der Waals surface area (Å²) in [7, 11) is 0. The van der Waals surface area contributed by atoms with Gasteiger partial charge in [-0.2, -0.15) is 0 Å². The zero-order valence-corrected chi connectivity index (χ0v) is 15.1. The number of anilines is 1. The molecule has 138 valence electrons. The minimum atomic E-state index is -1.01. The van der Waals surface area contributed by atoms with Crippen LogP contribution in [0.4, 0.5) is 5.69 Å². The second-order valence-corrected chi connectivity index (χ2v) is 7.83. The van der Waals surface area contributed by atoms with Crippen LogP contribution in [0.2, 0.25) is 0 Å². The molecule has 1 amide bonds. The third kappa shape index (κ3) is 2.02. The van der Waals surface area contributed by atoms with Crippen molar-refractivity contribution in [1.29, 1.82) is 0 Å². The normalized spacial score (nSPS) is 31.7. The minimum absolute atomic E-state index is 0.134. The molecule has 1 spiro atoms. The van der Waals surface area contributed by atoms with Gasteiger partial charge in [0, 0.05) is 22.7 Å². The smallest absolute Gasteiger partial charge is 0.250 e. The van der Waals surface area contributed by atoms with Crippen molar-refractivity contribution in [3.63, 3.8) is 0 Å². The summed E-state index contributed by atoms with van der Waals surface area (Å²) < 4.78 is 0. The molecule has 3 heterocycles. The number of para-hydroxylation sites is 1. The maximum absolute atomic E-state index is 13.4. The standard InChI is InChI=1S/C21H21N3O3/c1-13-8-10-14(11-9-13)18-19(24(26)27)17-7-4-12-23(17)21(18)15-5-2-3-6-16(15)22-20(21)25/h2-3,5-6,8-11,17-19H,4,7,12H2,1H3,(H,22,25)/t17-,18-,19+,21+/m1/s1. The number of hydrogen-bond donors (Lipinski definition) is 1. The van der Waals surface area contributed by atoms with Crippen molar-refractivity contribution in [3.8, 4) is 0 Å². The molecule has 2 saturated heterocycles. The Hall–Kier alpha value is -2.73. The number of amides is 1. The summed E-state index contributed by atoms with van der Waals surface area (Å²) in [6.45, 7) is 2.70. The van der Waals surface area contributed by atoms with Crippen LogP contribution in [0.1, 0.15) is 35.4 Å². The minimum Gasteiger partial charge on any atom is -0.324 e. The van der Waals surface area contributed by atoms with Gasteiger partial charge in [0.1, 0.15) is 5.54 Å². The van der Waals surface area contributed by atoms with E-state index in [1.807, 2.05) is 55.5 Å². The van der Waals surface area contributed by atoms with Gasteiger partial charge in [-0.15, -0.1) is 0 Å². The maximum atomic E-state index is 13.4.